The molecule has 4 heteroatoms. The van der Waals surface area contributed by atoms with Crippen LogP contribution in [0, 0.1) is 0 Å². The van der Waals surface area contributed by atoms with Crippen LogP contribution in [0.2, 0.25) is 0 Å². The molecule has 0 bridgehead atoms. The maximum atomic E-state index is 12.3. The Bertz CT molecular complexity index is 1060. The summed E-state index contributed by atoms with van der Waals surface area (Å²) < 4.78 is 0.983. The largest absolute Gasteiger partial charge is 0.306 e. The molecule has 0 aliphatic heterocycles. The van der Waals surface area contributed by atoms with E-state index < -0.39 is 0 Å². The number of aromatic amines is 1. The highest BCUT2D eigenvalue weighted by Gasteiger charge is 2.10. The number of halogens is 1. The van der Waals surface area contributed by atoms with Gasteiger partial charge in [-0.05, 0) is 23.6 Å². The maximum Gasteiger partial charge on any atom is 0.259 e. The van der Waals surface area contributed by atoms with Gasteiger partial charge in [0.2, 0.25) is 0 Å². The predicted octanol–water partition coefficient (Wildman–Crippen LogP) is 4.51. The second-order valence-corrected chi connectivity index (χ2v) is 5.93. The smallest absolute Gasteiger partial charge is 0.259 e. The molecule has 1 aromatic heterocycles. The minimum Gasteiger partial charge on any atom is -0.306 e. The van der Waals surface area contributed by atoms with E-state index in [1.54, 1.807) is 6.07 Å². The number of H-pyrrole nitrogens is 1. The zero-order valence-electron chi connectivity index (χ0n) is 11.5. The lowest BCUT2D eigenvalue weighted by Crippen LogP contribution is -2.09. The minimum atomic E-state index is -0.121. The van der Waals surface area contributed by atoms with Gasteiger partial charge in [0.25, 0.3) is 5.56 Å². The number of aromatic nitrogens is 2. The van der Waals surface area contributed by atoms with Crippen LogP contribution in [0.25, 0.3) is 33.1 Å². The molecular weight excluding hydrogens is 340 g/mol. The highest BCUT2D eigenvalue weighted by molar-refractivity contribution is 9.10. The second-order valence-electron chi connectivity index (χ2n) is 5.08. The standard InChI is InChI=1S/C18H11BrN2O/c19-14-9-4-6-11-5-3-8-13(16(11)14)17-20-15-10-2-1-7-12(15)18(22)21-17/h1-10H,(H,20,21,22). The fourth-order valence-electron chi connectivity index (χ4n) is 2.71. The van der Waals surface area contributed by atoms with Crippen molar-refractivity contribution < 1.29 is 0 Å². The normalized spacial score (nSPS) is 11.1. The van der Waals surface area contributed by atoms with Crippen molar-refractivity contribution in [2.24, 2.45) is 0 Å². The van der Waals surface area contributed by atoms with Gasteiger partial charge in [0.1, 0.15) is 5.82 Å². The van der Waals surface area contributed by atoms with Crippen LogP contribution in [-0.4, -0.2) is 9.97 Å². The van der Waals surface area contributed by atoms with E-state index in [0.29, 0.717) is 16.7 Å². The van der Waals surface area contributed by atoms with Crippen molar-refractivity contribution in [1.82, 2.24) is 9.97 Å². The maximum absolute atomic E-state index is 12.3. The molecule has 0 fully saturated rings. The number of para-hydroxylation sites is 1. The molecule has 0 unspecified atom stereocenters. The van der Waals surface area contributed by atoms with E-state index in [1.165, 1.54) is 0 Å². The molecule has 0 aliphatic carbocycles. The van der Waals surface area contributed by atoms with E-state index in [9.17, 15) is 4.79 Å². The van der Waals surface area contributed by atoms with Crippen LogP contribution in [0.5, 0.6) is 0 Å². The summed E-state index contributed by atoms with van der Waals surface area (Å²) in [6.45, 7) is 0. The van der Waals surface area contributed by atoms with E-state index in [1.807, 2.05) is 54.6 Å². The van der Waals surface area contributed by atoms with Crippen LogP contribution in [0.4, 0.5) is 0 Å². The van der Waals surface area contributed by atoms with Crippen LogP contribution in [0.15, 0.2) is 69.9 Å². The van der Waals surface area contributed by atoms with Gasteiger partial charge in [-0.1, -0.05) is 58.4 Å². The van der Waals surface area contributed by atoms with Crippen LogP contribution in [-0.2, 0) is 0 Å². The molecule has 22 heavy (non-hydrogen) atoms. The predicted molar refractivity (Wildman–Crippen MR) is 93.0 cm³/mol. The number of benzene rings is 3. The quantitative estimate of drug-likeness (QED) is 0.549. The summed E-state index contributed by atoms with van der Waals surface area (Å²) in [4.78, 5) is 19.8. The fourth-order valence-corrected chi connectivity index (χ4v) is 3.30. The third-order valence-corrected chi connectivity index (χ3v) is 4.38. The lowest BCUT2D eigenvalue weighted by Gasteiger charge is -2.08. The third kappa shape index (κ3) is 2.04. The Morgan fingerprint density at radius 2 is 1.68 bits per heavy atom. The van der Waals surface area contributed by atoms with Gasteiger partial charge in [-0.3, -0.25) is 4.79 Å². The molecule has 4 rings (SSSR count). The highest BCUT2D eigenvalue weighted by Crippen LogP contribution is 2.32. The Morgan fingerprint density at radius 3 is 2.55 bits per heavy atom. The summed E-state index contributed by atoms with van der Waals surface area (Å²) in [6, 6.07) is 19.4. The fraction of sp³-hybridized carbons (Fsp3) is 0. The topological polar surface area (TPSA) is 45.8 Å². The molecule has 0 spiro atoms. The molecule has 106 valence electrons. The number of hydrogen-bond acceptors (Lipinski definition) is 2. The molecule has 0 aliphatic rings. The molecule has 0 radical (unpaired) electrons. The van der Waals surface area contributed by atoms with Crippen molar-refractivity contribution >= 4 is 37.6 Å². The number of fused-ring (bicyclic) bond motifs is 2. The first kappa shape index (κ1) is 13.2. The van der Waals surface area contributed by atoms with Crippen LogP contribution >= 0.6 is 15.9 Å². The van der Waals surface area contributed by atoms with E-state index in [0.717, 1.165) is 20.8 Å². The number of nitrogens with one attached hydrogen (secondary N) is 1. The Kier molecular flexibility index (Phi) is 3.05. The number of hydrogen-bond donors (Lipinski definition) is 1. The first-order valence-corrected chi connectivity index (χ1v) is 7.70. The molecule has 3 nitrogen and oxygen atoms in total. The third-order valence-electron chi connectivity index (χ3n) is 3.72. The molecular formula is C18H11BrN2O. The minimum absolute atomic E-state index is 0.121. The van der Waals surface area contributed by atoms with Crippen LogP contribution in [0.1, 0.15) is 0 Å². The summed E-state index contributed by atoms with van der Waals surface area (Å²) in [6.07, 6.45) is 0. The molecule has 0 saturated heterocycles. The average molecular weight is 351 g/mol. The van der Waals surface area contributed by atoms with Crippen molar-refractivity contribution in [2.75, 3.05) is 0 Å². The van der Waals surface area contributed by atoms with Crippen molar-refractivity contribution in [3.8, 4) is 11.4 Å². The van der Waals surface area contributed by atoms with Crippen LogP contribution in [0.3, 0.4) is 0 Å². The van der Waals surface area contributed by atoms with E-state index in [4.69, 9.17) is 0 Å². The second kappa shape index (κ2) is 5.07. The number of nitrogens with zero attached hydrogens (tertiary/aromatic N) is 1. The lowest BCUT2D eigenvalue weighted by molar-refractivity contribution is 1.18. The SMILES string of the molecule is O=c1[nH]c(-c2cccc3cccc(Br)c23)nc2ccccc12. The lowest BCUT2D eigenvalue weighted by atomic mass is 10.0. The van der Waals surface area contributed by atoms with Gasteiger partial charge in [0, 0.05) is 15.4 Å². The van der Waals surface area contributed by atoms with Crippen molar-refractivity contribution in [3.63, 3.8) is 0 Å². The Morgan fingerprint density at radius 1 is 0.909 bits per heavy atom. The van der Waals surface area contributed by atoms with Crippen LogP contribution < -0.4 is 5.56 Å². The summed E-state index contributed by atoms with van der Waals surface area (Å²) in [5.41, 5.74) is 1.49. The van der Waals surface area contributed by atoms with Crippen molar-refractivity contribution in [2.45, 2.75) is 0 Å². The van der Waals surface area contributed by atoms with E-state index >= 15 is 0 Å². The van der Waals surface area contributed by atoms with Gasteiger partial charge in [0.15, 0.2) is 0 Å². The van der Waals surface area contributed by atoms with E-state index in [2.05, 4.69) is 25.9 Å². The van der Waals surface area contributed by atoms with Gasteiger partial charge in [-0.2, -0.15) is 0 Å². The monoisotopic (exact) mass is 350 g/mol. The van der Waals surface area contributed by atoms with Gasteiger partial charge in [-0.15, -0.1) is 0 Å². The van der Waals surface area contributed by atoms with Gasteiger partial charge in [-0.25, -0.2) is 4.98 Å². The Labute approximate surface area is 134 Å². The molecule has 0 saturated carbocycles. The zero-order chi connectivity index (χ0) is 15.1. The van der Waals surface area contributed by atoms with Crippen molar-refractivity contribution in [1.29, 1.82) is 0 Å². The van der Waals surface area contributed by atoms with Crippen molar-refractivity contribution in [3.05, 3.63) is 75.5 Å². The molecule has 4 aromatic rings. The molecule has 0 atom stereocenters. The van der Waals surface area contributed by atoms with Gasteiger partial charge >= 0.3 is 0 Å². The molecule has 1 heterocycles. The first-order valence-electron chi connectivity index (χ1n) is 6.91. The molecule has 0 amide bonds. The summed E-state index contributed by atoms with van der Waals surface area (Å²) >= 11 is 3.59. The molecule has 1 N–H and O–H groups in total. The highest BCUT2D eigenvalue weighted by atomic mass is 79.9. The summed E-state index contributed by atoms with van der Waals surface area (Å²) in [7, 11) is 0. The summed E-state index contributed by atoms with van der Waals surface area (Å²) in [5, 5.41) is 2.75. The summed E-state index contributed by atoms with van der Waals surface area (Å²) in [5.74, 6) is 0.584. The number of rotatable bonds is 1. The Balaban J connectivity index is 2.10. The van der Waals surface area contributed by atoms with Gasteiger partial charge in [0.05, 0.1) is 10.9 Å². The van der Waals surface area contributed by atoms with E-state index in [-0.39, 0.29) is 5.56 Å². The average Bonchev–Trinajstić information content (AvgIpc) is 2.54. The first-order chi connectivity index (χ1) is 10.7. The Hall–Kier alpha value is -2.46. The van der Waals surface area contributed by atoms with Gasteiger partial charge < -0.3 is 4.98 Å². The zero-order valence-corrected chi connectivity index (χ0v) is 13.1. The molecule has 3 aromatic carbocycles.